The summed E-state index contributed by atoms with van der Waals surface area (Å²) in [6.45, 7) is 3.95. The molecule has 16 heavy (non-hydrogen) atoms. The van der Waals surface area contributed by atoms with E-state index in [0.717, 1.165) is 0 Å². The lowest BCUT2D eigenvalue weighted by molar-refractivity contribution is 0.0694. The maximum absolute atomic E-state index is 10.9. The van der Waals surface area contributed by atoms with Gasteiger partial charge in [-0.25, -0.2) is 14.8 Å². The largest absolute Gasteiger partial charge is 0.478 e. The molecule has 2 N–H and O–H groups in total. The zero-order chi connectivity index (χ0) is 12.2. The van der Waals surface area contributed by atoms with E-state index in [1.54, 1.807) is 0 Å². The number of carboxylic acid groups (broad SMARTS) is 1. The van der Waals surface area contributed by atoms with E-state index in [1.165, 1.54) is 12.5 Å². The zero-order valence-corrected chi connectivity index (χ0v) is 9.19. The second-order valence-corrected chi connectivity index (χ2v) is 3.81. The smallest absolute Gasteiger partial charge is 0.339 e. The first-order valence-corrected chi connectivity index (χ1v) is 4.71. The fourth-order valence-corrected chi connectivity index (χ4v) is 1.03. The molecule has 0 saturated carbocycles. The Morgan fingerprint density at radius 1 is 1.69 bits per heavy atom. The average molecular weight is 219 g/mol. The van der Waals surface area contributed by atoms with E-state index in [0.29, 0.717) is 12.2 Å². The van der Waals surface area contributed by atoms with Crippen LogP contribution in [-0.4, -0.2) is 26.6 Å². The summed E-state index contributed by atoms with van der Waals surface area (Å²) in [5.41, 5.74) is 0.00872. The van der Waals surface area contributed by atoms with Crippen molar-refractivity contribution in [1.82, 2.24) is 15.3 Å². The van der Waals surface area contributed by atoms with Crippen LogP contribution < -0.4 is 5.32 Å². The van der Waals surface area contributed by atoms with Crippen LogP contribution in [0.5, 0.6) is 0 Å². The highest BCUT2D eigenvalue weighted by atomic mass is 16.4. The van der Waals surface area contributed by atoms with E-state index in [1.807, 2.05) is 13.8 Å². The summed E-state index contributed by atoms with van der Waals surface area (Å²) in [7, 11) is 0. The predicted molar refractivity (Wildman–Crippen MR) is 58.7 cm³/mol. The number of carbonyl (C=O) groups is 1. The zero-order valence-electron chi connectivity index (χ0n) is 9.19. The first-order chi connectivity index (χ1) is 7.46. The highest BCUT2D eigenvalue weighted by molar-refractivity contribution is 5.88. The van der Waals surface area contributed by atoms with E-state index in [2.05, 4.69) is 21.2 Å². The van der Waals surface area contributed by atoms with Gasteiger partial charge >= 0.3 is 5.97 Å². The van der Waals surface area contributed by atoms with Crippen molar-refractivity contribution in [3.8, 4) is 12.3 Å². The number of hydrogen-bond donors (Lipinski definition) is 2. The number of rotatable bonds is 4. The molecule has 0 aromatic carbocycles. The van der Waals surface area contributed by atoms with Crippen molar-refractivity contribution >= 4 is 5.97 Å². The Balaban J connectivity index is 2.83. The maximum Gasteiger partial charge on any atom is 0.339 e. The van der Waals surface area contributed by atoms with Crippen LogP contribution in [-0.2, 0) is 6.54 Å². The topological polar surface area (TPSA) is 75.1 Å². The third-order valence-electron chi connectivity index (χ3n) is 2.08. The molecule has 84 valence electrons. The van der Waals surface area contributed by atoms with Gasteiger partial charge < -0.3 is 5.11 Å². The predicted octanol–water partition coefficient (Wildman–Crippen LogP) is 0.676. The molecule has 0 radical (unpaired) electrons. The highest BCUT2D eigenvalue weighted by Gasteiger charge is 2.16. The first kappa shape index (κ1) is 12.1. The number of carboxylic acids is 1. The van der Waals surface area contributed by atoms with Crippen molar-refractivity contribution in [1.29, 1.82) is 0 Å². The number of terminal acetylenes is 1. The van der Waals surface area contributed by atoms with E-state index in [9.17, 15) is 4.79 Å². The van der Waals surface area contributed by atoms with Gasteiger partial charge in [-0.2, -0.15) is 0 Å². The van der Waals surface area contributed by atoms with Gasteiger partial charge in [0.05, 0.1) is 11.2 Å². The van der Waals surface area contributed by atoms with Crippen LogP contribution in [0.4, 0.5) is 0 Å². The molecule has 0 bridgehead atoms. The summed E-state index contributed by atoms with van der Waals surface area (Å²) in [6.07, 6.45) is 7.89. The molecular weight excluding hydrogens is 206 g/mol. The van der Waals surface area contributed by atoms with Gasteiger partial charge in [0.15, 0.2) is 0 Å². The van der Waals surface area contributed by atoms with Crippen LogP contribution in [0.15, 0.2) is 12.5 Å². The third kappa shape index (κ3) is 3.04. The second-order valence-electron chi connectivity index (χ2n) is 3.81. The van der Waals surface area contributed by atoms with Crippen LogP contribution >= 0.6 is 0 Å². The van der Waals surface area contributed by atoms with E-state index in [-0.39, 0.29) is 5.56 Å². The van der Waals surface area contributed by atoms with Crippen molar-refractivity contribution in [2.24, 2.45) is 0 Å². The van der Waals surface area contributed by atoms with Crippen LogP contribution in [0, 0.1) is 12.3 Å². The van der Waals surface area contributed by atoms with Crippen molar-refractivity contribution < 1.29 is 9.90 Å². The van der Waals surface area contributed by atoms with Gasteiger partial charge in [0.25, 0.3) is 0 Å². The molecule has 0 fully saturated rings. The van der Waals surface area contributed by atoms with Crippen molar-refractivity contribution in [3.05, 3.63) is 23.8 Å². The Morgan fingerprint density at radius 3 is 2.94 bits per heavy atom. The molecule has 0 atom stereocenters. The van der Waals surface area contributed by atoms with Crippen LogP contribution in [0.25, 0.3) is 0 Å². The van der Waals surface area contributed by atoms with E-state index >= 15 is 0 Å². The summed E-state index contributed by atoms with van der Waals surface area (Å²) < 4.78 is 0. The summed E-state index contributed by atoms with van der Waals surface area (Å²) in [5, 5.41) is 11.9. The molecule has 0 saturated heterocycles. The lowest BCUT2D eigenvalue weighted by atomic mass is 10.1. The van der Waals surface area contributed by atoms with Crippen molar-refractivity contribution in [2.45, 2.75) is 25.9 Å². The van der Waals surface area contributed by atoms with Crippen LogP contribution in [0.2, 0.25) is 0 Å². The minimum atomic E-state index is -1.05. The molecule has 0 unspecified atom stereocenters. The summed E-state index contributed by atoms with van der Waals surface area (Å²) in [6, 6.07) is 0. The Morgan fingerprint density at radius 2 is 2.38 bits per heavy atom. The lowest BCUT2D eigenvalue weighted by Gasteiger charge is -2.19. The Hall–Kier alpha value is -1.93. The molecule has 0 aliphatic heterocycles. The van der Waals surface area contributed by atoms with Gasteiger partial charge in [0.2, 0.25) is 0 Å². The van der Waals surface area contributed by atoms with Gasteiger partial charge in [-0.3, -0.25) is 5.32 Å². The molecule has 5 nitrogen and oxygen atoms in total. The summed E-state index contributed by atoms with van der Waals surface area (Å²) in [5.74, 6) is 1.51. The van der Waals surface area contributed by atoms with E-state index < -0.39 is 11.5 Å². The van der Waals surface area contributed by atoms with Gasteiger partial charge in [-0.05, 0) is 13.8 Å². The average Bonchev–Trinajstić information content (AvgIpc) is 2.27. The second kappa shape index (κ2) is 4.73. The van der Waals surface area contributed by atoms with Crippen molar-refractivity contribution in [3.63, 3.8) is 0 Å². The molecule has 0 aliphatic rings. The van der Waals surface area contributed by atoms with Crippen LogP contribution in [0.3, 0.4) is 0 Å². The summed E-state index contributed by atoms with van der Waals surface area (Å²) >= 11 is 0. The van der Waals surface area contributed by atoms with Gasteiger partial charge in [-0.15, -0.1) is 6.42 Å². The molecule has 1 rings (SSSR count). The molecule has 1 aromatic heterocycles. The number of nitrogens with one attached hydrogen (secondary N) is 1. The van der Waals surface area contributed by atoms with E-state index in [4.69, 9.17) is 11.5 Å². The Labute approximate surface area is 93.9 Å². The highest BCUT2D eigenvalue weighted by Crippen LogP contribution is 2.06. The standard InChI is InChI=1S/C11H13N3O2/c1-4-11(2,3)14-6-9-8(10(15)16)5-12-7-13-9/h1,5,7,14H,6H2,2-3H3,(H,15,16). The molecular formula is C11H13N3O2. The van der Waals surface area contributed by atoms with Crippen molar-refractivity contribution in [2.75, 3.05) is 0 Å². The van der Waals surface area contributed by atoms with Crippen LogP contribution in [0.1, 0.15) is 29.9 Å². The van der Waals surface area contributed by atoms with Gasteiger partial charge in [0.1, 0.15) is 11.9 Å². The van der Waals surface area contributed by atoms with Gasteiger partial charge in [-0.1, -0.05) is 5.92 Å². The third-order valence-corrected chi connectivity index (χ3v) is 2.08. The number of aromatic carboxylic acids is 1. The molecule has 0 amide bonds. The number of aromatic nitrogens is 2. The fraction of sp³-hybridized carbons (Fsp3) is 0.364. The Kier molecular flexibility index (Phi) is 3.59. The molecule has 0 spiro atoms. The summed E-state index contributed by atoms with van der Waals surface area (Å²) in [4.78, 5) is 18.5. The normalized spacial score (nSPS) is 10.8. The lowest BCUT2D eigenvalue weighted by Crippen LogP contribution is -2.37. The molecule has 1 aromatic rings. The van der Waals surface area contributed by atoms with Gasteiger partial charge in [0, 0.05) is 12.7 Å². The SMILES string of the molecule is C#CC(C)(C)NCc1ncncc1C(=O)O. The molecule has 1 heterocycles. The minimum Gasteiger partial charge on any atom is -0.478 e. The number of nitrogens with zero attached hydrogens (tertiary/aromatic N) is 2. The monoisotopic (exact) mass is 219 g/mol. The Bertz CT molecular complexity index is 435. The number of hydrogen-bond acceptors (Lipinski definition) is 4. The maximum atomic E-state index is 10.9. The molecule has 5 heteroatoms. The molecule has 0 aliphatic carbocycles. The fourth-order valence-electron chi connectivity index (χ4n) is 1.03. The first-order valence-electron chi connectivity index (χ1n) is 4.71. The minimum absolute atomic E-state index is 0.0859. The quantitative estimate of drug-likeness (QED) is 0.728.